The zero-order chi connectivity index (χ0) is 18.9. The summed E-state index contributed by atoms with van der Waals surface area (Å²) in [6.07, 6.45) is 1.71. The highest BCUT2D eigenvalue weighted by molar-refractivity contribution is 7.92. The minimum Gasteiger partial charge on any atom is -0.463 e. The molecule has 1 heterocycles. The van der Waals surface area contributed by atoms with Gasteiger partial charge in [-0.25, -0.2) is 13.2 Å². The Bertz CT molecular complexity index is 975. The van der Waals surface area contributed by atoms with E-state index in [1.165, 1.54) is 4.31 Å². The monoisotopic (exact) mass is 371 g/mol. The van der Waals surface area contributed by atoms with Crippen molar-refractivity contribution in [3.8, 4) is 0 Å². The van der Waals surface area contributed by atoms with Gasteiger partial charge in [-0.2, -0.15) is 0 Å². The molecular weight excluding hydrogens is 350 g/mol. The fraction of sp³-hybridized carbons (Fsp3) is 0.250. The maximum atomic E-state index is 13.2. The summed E-state index contributed by atoms with van der Waals surface area (Å²) in [4.78, 5) is 12.4. The highest BCUT2D eigenvalue weighted by atomic mass is 32.2. The second-order valence-electron chi connectivity index (χ2n) is 6.28. The van der Waals surface area contributed by atoms with Gasteiger partial charge in [0.2, 0.25) is 0 Å². The Morgan fingerprint density at radius 2 is 1.73 bits per heavy atom. The van der Waals surface area contributed by atoms with Crippen LogP contribution in [0.2, 0.25) is 0 Å². The topological polar surface area (TPSA) is 63.7 Å². The van der Waals surface area contributed by atoms with Crippen LogP contribution in [0.5, 0.6) is 0 Å². The first-order valence-corrected chi connectivity index (χ1v) is 9.84. The second kappa shape index (κ2) is 6.96. The third-order valence-corrected chi connectivity index (χ3v) is 6.02. The number of esters is 1. The lowest BCUT2D eigenvalue weighted by Gasteiger charge is -2.30. The fourth-order valence-electron chi connectivity index (χ4n) is 2.89. The summed E-state index contributed by atoms with van der Waals surface area (Å²) in [6, 6.07) is 12.2. The average molecular weight is 371 g/mol. The molecule has 2 aromatic carbocycles. The van der Waals surface area contributed by atoms with Gasteiger partial charge in [-0.1, -0.05) is 29.3 Å². The van der Waals surface area contributed by atoms with Gasteiger partial charge in [0, 0.05) is 0 Å². The minimum atomic E-state index is -3.80. The van der Waals surface area contributed by atoms with Crippen LogP contribution in [-0.4, -0.2) is 27.5 Å². The predicted molar refractivity (Wildman–Crippen MR) is 101 cm³/mol. The number of hydrogen-bond acceptors (Lipinski definition) is 4. The molecule has 26 heavy (non-hydrogen) atoms. The Kier molecular flexibility index (Phi) is 4.87. The van der Waals surface area contributed by atoms with Crippen molar-refractivity contribution in [1.29, 1.82) is 0 Å². The quantitative estimate of drug-likeness (QED) is 0.772. The maximum absolute atomic E-state index is 13.2. The van der Waals surface area contributed by atoms with Crippen LogP contribution >= 0.6 is 0 Å². The standard InChI is InChI=1S/C20H21NO4S/c1-4-25-20(22)17-12-16-11-15(3)7-10-19(16)21(13-17)26(23,24)18-8-5-14(2)6-9-18/h5-12H,4,13H2,1-3H3. The van der Waals surface area contributed by atoms with Crippen LogP contribution < -0.4 is 4.31 Å². The van der Waals surface area contributed by atoms with E-state index in [-0.39, 0.29) is 18.0 Å². The van der Waals surface area contributed by atoms with Crippen LogP contribution in [0.15, 0.2) is 52.9 Å². The Balaban J connectivity index is 2.11. The number of carbonyl (C=O) groups excluding carboxylic acids is 1. The molecule has 0 atom stereocenters. The molecule has 3 rings (SSSR count). The first-order chi connectivity index (χ1) is 12.3. The molecule has 0 amide bonds. The molecule has 0 bridgehead atoms. The predicted octanol–water partition coefficient (Wildman–Crippen LogP) is 3.46. The summed E-state index contributed by atoms with van der Waals surface area (Å²) >= 11 is 0. The number of rotatable bonds is 4. The zero-order valence-corrected chi connectivity index (χ0v) is 15.8. The van der Waals surface area contributed by atoms with E-state index in [1.54, 1.807) is 43.3 Å². The van der Waals surface area contributed by atoms with Crippen molar-refractivity contribution in [3.63, 3.8) is 0 Å². The molecule has 0 aromatic heterocycles. The van der Waals surface area contributed by atoms with E-state index in [0.717, 1.165) is 11.1 Å². The van der Waals surface area contributed by atoms with Crippen molar-refractivity contribution < 1.29 is 17.9 Å². The first kappa shape index (κ1) is 18.2. The lowest BCUT2D eigenvalue weighted by Crippen LogP contribution is -2.37. The fourth-order valence-corrected chi connectivity index (χ4v) is 4.36. The molecule has 0 fully saturated rings. The second-order valence-corrected chi connectivity index (χ2v) is 8.14. The van der Waals surface area contributed by atoms with Crippen LogP contribution in [-0.2, 0) is 19.6 Å². The van der Waals surface area contributed by atoms with Crippen molar-refractivity contribution in [2.45, 2.75) is 25.7 Å². The Labute approximate surface area is 154 Å². The van der Waals surface area contributed by atoms with Crippen LogP contribution in [0.1, 0.15) is 23.6 Å². The summed E-state index contributed by atoms with van der Waals surface area (Å²) in [5, 5.41) is 0. The van der Waals surface area contributed by atoms with Crippen molar-refractivity contribution in [1.82, 2.24) is 0 Å². The van der Waals surface area contributed by atoms with Gasteiger partial charge in [0.1, 0.15) is 0 Å². The van der Waals surface area contributed by atoms with Crippen molar-refractivity contribution >= 4 is 27.8 Å². The highest BCUT2D eigenvalue weighted by Crippen LogP contribution is 2.34. The Morgan fingerprint density at radius 1 is 1.08 bits per heavy atom. The summed E-state index contributed by atoms with van der Waals surface area (Å²) in [5.74, 6) is -0.497. The number of hydrogen-bond donors (Lipinski definition) is 0. The SMILES string of the molecule is CCOC(=O)C1=Cc2cc(C)ccc2N(S(=O)(=O)c2ccc(C)cc2)C1. The van der Waals surface area contributed by atoms with Crippen LogP contribution in [0.3, 0.4) is 0 Å². The van der Waals surface area contributed by atoms with Crippen LogP contribution in [0, 0.1) is 13.8 Å². The number of aryl methyl sites for hydroxylation is 2. The first-order valence-electron chi connectivity index (χ1n) is 8.40. The lowest BCUT2D eigenvalue weighted by molar-refractivity contribution is -0.138. The summed E-state index contributed by atoms with van der Waals surface area (Å²) < 4.78 is 32.8. The normalized spacial score (nSPS) is 13.8. The summed E-state index contributed by atoms with van der Waals surface area (Å²) in [7, 11) is -3.80. The molecule has 2 aromatic rings. The molecule has 0 N–H and O–H groups in total. The van der Waals surface area contributed by atoms with Crippen molar-refractivity contribution in [2.24, 2.45) is 0 Å². The maximum Gasteiger partial charge on any atom is 0.335 e. The molecule has 0 radical (unpaired) electrons. The molecule has 0 saturated heterocycles. The van der Waals surface area contributed by atoms with E-state index < -0.39 is 16.0 Å². The Morgan fingerprint density at radius 3 is 2.38 bits per heavy atom. The number of sulfonamides is 1. The van der Waals surface area contributed by atoms with Gasteiger partial charge in [-0.05, 0) is 56.7 Å². The van der Waals surface area contributed by atoms with Crippen molar-refractivity contribution in [3.05, 3.63) is 64.7 Å². The van der Waals surface area contributed by atoms with E-state index in [4.69, 9.17) is 4.74 Å². The molecule has 1 aliphatic rings. The largest absolute Gasteiger partial charge is 0.463 e. The Hall–Kier alpha value is -2.60. The van der Waals surface area contributed by atoms with Gasteiger partial charge in [-0.3, -0.25) is 4.31 Å². The molecule has 136 valence electrons. The highest BCUT2D eigenvalue weighted by Gasteiger charge is 2.32. The van der Waals surface area contributed by atoms with Gasteiger partial charge in [-0.15, -0.1) is 0 Å². The molecule has 6 heteroatoms. The van der Waals surface area contributed by atoms with Gasteiger partial charge >= 0.3 is 5.97 Å². The number of fused-ring (bicyclic) bond motifs is 1. The third kappa shape index (κ3) is 3.37. The van der Waals surface area contributed by atoms with E-state index in [0.29, 0.717) is 16.8 Å². The minimum absolute atomic E-state index is 0.0505. The number of ether oxygens (including phenoxy) is 1. The van der Waals surface area contributed by atoms with E-state index in [1.807, 2.05) is 26.0 Å². The van der Waals surface area contributed by atoms with Crippen LogP contribution in [0.25, 0.3) is 6.08 Å². The molecule has 0 unspecified atom stereocenters. The average Bonchev–Trinajstić information content (AvgIpc) is 2.61. The molecular formula is C20H21NO4S. The lowest BCUT2D eigenvalue weighted by atomic mass is 10.0. The summed E-state index contributed by atoms with van der Waals surface area (Å²) in [6.45, 7) is 5.73. The van der Waals surface area contributed by atoms with E-state index >= 15 is 0 Å². The van der Waals surface area contributed by atoms with Crippen LogP contribution in [0.4, 0.5) is 5.69 Å². The number of carbonyl (C=O) groups is 1. The van der Waals surface area contributed by atoms with Crippen molar-refractivity contribution in [2.75, 3.05) is 17.5 Å². The zero-order valence-electron chi connectivity index (χ0n) is 15.0. The molecule has 0 aliphatic carbocycles. The van der Waals surface area contributed by atoms with E-state index in [9.17, 15) is 13.2 Å². The molecule has 5 nitrogen and oxygen atoms in total. The number of anilines is 1. The molecule has 0 saturated carbocycles. The van der Waals surface area contributed by atoms with Gasteiger partial charge in [0.05, 0.1) is 29.3 Å². The van der Waals surface area contributed by atoms with Gasteiger partial charge < -0.3 is 4.74 Å². The summed E-state index contributed by atoms with van der Waals surface area (Å²) in [5.41, 5.74) is 3.53. The third-order valence-electron chi connectivity index (χ3n) is 4.24. The smallest absolute Gasteiger partial charge is 0.335 e. The van der Waals surface area contributed by atoms with E-state index in [2.05, 4.69) is 0 Å². The number of benzene rings is 2. The molecule has 1 aliphatic heterocycles. The molecule has 0 spiro atoms. The van der Waals surface area contributed by atoms with Gasteiger partial charge in [0.25, 0.3) is 10.0 Å². The van der Waals surface area contributed by atoms with Gasteiger partial charge in [0.15, 0.2) is 0 Å². The number of nitrogens with zero attached hydrogens (tertiary/aromatic N) is 1.